The number of nitrogens with zero attached hydrogens (tertiary/aromatic N) is 2. The first-order valence-corrected chi connectivity index (χ1v) is 9.26. The van der Waals surface area contributed by atoms with Gasteiger partial charge in [-0.05, 0) is 24.5 Å². The molecule has 1 aliphatic carbocycles. The molecule has 0 aromatic heterocycles. The van der Waals surface area contributed by atoms with E-state index in [1.54, 1.807) is 0 Å². The number of carbonyl (C=O) groups excluding carboxylic acids is 1. The number of nitrogens with two attached hydrogens (primary N) is 1. The zero-order valence-corrected chi connectivity index (χ0v) is 15.6. The van der Waals surface area contributed by atoms with Gasteiger partial charge in [0.15, 0.2) is 23.1 Å². The molecule has 154 valence electrons. The molecule has 1 atom stereocenters. The molecule has 1 amide bonds. The number of guanidine groups is 1. The van der Waals surface area contributed by atoms with E-state index in [1.807, 2.05) is 0 Å². The van der Waals surface area contributed by atoms with Gasteiger partial charge < -0.3 is 10.5 Å². The molecule has 3 rings (SSSR count). The Bertz CT molecular complexity index is 775. The summed E-state index contributed by atoms with van der Waals surface area (Å²) in [6.07, 6.45) is 0.639. The molecule has 0 bridgehead atoms. The second kappa shape index (κ2) is 7.60. The highest BCUT2D eigenvalue weighted by Crippen LogP contribution is 2.38. The van der Waals surface area contributed by atoms with Crippen LogP contribution in [0.15, 0.2) is 23.2 Å². The van der Waals surface area contributed by atoms with Crippen molar-refractivity contribution in [3.63, 3.8) is 0 Å². The molecule has 28 heavy (non-hydrogen) atoms. The molecule has 1 aliphatic heterocycles. The molecule has 5 nitrogen and oxygen atoms in total. The predicted octanol–water partition coefficient (Wildman–Crippen LogP) is 3.72. The van der Waals surface area contributed by atoms with E-state index < -0.39 is 28.8 Å². The Morgan fingerprint density at radius 3 is 2.54 bits per heavy atom. The summed E-state index contributed by atoms with van der Waals surface area (Å²) in [5.74, 6) is -2.19. The van der Waals surface area contributed by atoms with E-state index in [9.17, 15) is 22.4 Å². The van der Waals surface area contributed by atoms with Crippen LogP contribution in [0.5, 0.6) is 5.75 Å². The summed E-state index contributed by atoms with van der Waals surface area (Å²) in [5, 5.41) is 0. The lowest BCUT2D eigenvalue weighted by molar-refractivity contribution is -0.140. The van der Waals surface area contributed by atoms with E-state index >= 15 is 0 Å². The number of hydrogen-bond donors (Lipinski definition) is 1. The number of carbonyl (C=O) groups is 1. The Morgan fingerprint density at radius 1 is 1.29 bits per heavy atom. The highest BCUT2D eigenvalue weighted by Gasteiger charge is 2.49. The van der Waals surface area contributed by atoms with Crippen molar-refractivity contribution >= 4 is 11.9 Å². The summed E-state index contributed by atoms with van der Waals surface area (Å²) >= 11 is 0. The number of amides is 1. The van der Waals surface area contributed by atoms with Crippen LogP contribution in [0.25, 0.3) is 0 Å². The Labute approximate surface area is 160 Å². The highest BCUT2D eigenvalue weighted by molar-refractivity contribution is 6.06. The third-order valence-electron chi connectivity index (χ3n) is 5.46. The van der Waals surface area contributed by atoms with Crippen LogP contribution in [-0.2, 0) is 11.0 Å². The van der Waals surface area contributed by atoms with Crippen LogP contribution in [0.1, 0.15) is 44.1 Å². The van der Waals surface area contributed by atoms with Crippen LogP contribution in [0.4, 0.5) is 17.6 Å². The Morgan fingerprint density at radius 2 is 1.96 bits per heavy atom. The van der Waals surface area contributed by atoms with Crippen LogP contribution in [-0.4, -0.2) is 36.0 Å². The summed E-state index contributed by atoms with van der Waals surface area (Å²) < 4.78 is 58.4. The topological polar surface area (TPSA) is 67.9 Å². The van der Waals surface area contributed by atoms with Crippen molar-refractivity contribution < 1.29 is 27.1 Å². The number of benzene rings is 1. The minimum absolute atomic E-state index is 0.0222. The van der Waals surface area contributed by atoms with E-state index in [4.69, 9.17) is 10.5 Å². The maximum atomic E-state index is 14.3. The van der Waals surface area contributed by atoms with Crippen molar-refractivity contribution in [2.75, 3.05) is 13.7 Å². The monoisotopic (exact) mass is 401 g/mol. The van der Waals surface area contributed by atoms with Gasteiger partial charge in [0, 0.05) is 7.05 Å². The molecule has 1 unspecified atom stereocenters. The number of hydrogen-bond acceptors (Lipinski definition) is 4. The van der Waals surface area contributed by atoms with E-state index in [2.05, 4.69) is 4.99 Å². The fraction of sp³-hybridized carbons (Fsp3) is 0.579. The van der Waals surface area contributed by atoms with Gasteiger partial charge in [-0.15, -0.1) is 0 Å². The molecule has 1 heterocycles. The molecule has 0 spiro atoms. The fourth-order valence-corrected chi connectivity index (χ4v) is 3.95. The van der Waals surface area contributed by atoms with E-state index in [1.165, 1.54) is 11.9 Å². The average molecular weight is 401 g/mol. The third-order valence-corrected chi connectivity index (χ3v) is 5.46. The zero-order valence-electron chi connectivity index (χ0n) is 15.6. The van der Waals surface area contributed by atoms with E-state index in [0.29, 0.717) is 12.5 Å². The summed E-state index contributed by atoms with van der Waals surface area (Å²) in [6, 6.07) is 2.81. The lowest BCUT2D eigenvalue weighted by Crippen LogP contribution is -2.47. The largest absolute Gasteiger partial charge is 0.487 e. The Kier molecular flexibility index (Phi) is 5.54. The molecule has 1 saturated carbocycles. The lowest BCUT2D eigenvalue weighted by atomic mass is 9.79. The van der Waals surface area contributed by atoms with E-state index in [0.717, 1.165) is 44.2 Å². The van der Waals surface area contributed by atoms with Gasteiger partial charge in [0.25, 0.3) is 5.91 Å². The van der Waals surface area contributed by atoms with Crippen molar-refractivity contribution in [2.45, 2.75) is 50.2 Å². The Hall–Kier alpha value is -2.32. The lowest BCUT2D eigenvalue weighted by Gasteiger charge is -2.31. The van der Waals surface area contributed by atoms with Crippen molar-refractivity contribution in [3.05, 3.63) is 29.6 Å². The molecule has 1 aromatic rings. The van der Waals surface area contributed by atoms with Gasteiger partial charge in [-0.1, -0.05) is 38.2 Å². The summed E-state index contributed by atoms with van der Waals surface area (Å²) in [5.41, 5.74) is 3.05. The SMILES string of the molecule is CN1C(=O)C(COc2cccc(C(F)(F)F)c2F)(CC2CCCCC2)N=C1N. The number of alkyl halides is 3. The summed E-state index contributed by atoms with van der Waals surface area (Å²) in [6.45, 7) is -0.369. The van der Waals surface area contributed by atoms with Crippen LogP contribution < -0.4 is 10.5 Å². The standard InChI is InChI=1S/C19H23F4N3O2/c1-26-16(27)18(25-17(26)24,10-12-6-3-2-4-7-12)11-28-14-9-5-8-13(15(14)20)19(21,22)23/h5,8-9,12H,2-4,6-7,10-11H2,1H3,(H2,24,25). The number of likely N-dealkylation sites (N-methyl/N-ethyl adjacent to an activating group) is 1. The van der Waals surface area contributed by atoms with Crippen LogP contribution >= 0.6 is 0 Å². The predicted molar refractivity (Wildman–Crippen MR) is 95.2 cm³/mol. The number of aliphatic imine (C=N–C) groups is 1. The van der Waals surface area contributed by atoms with Crippen LogP contribution in [0, 0.1) is 11.7 Å². The molecule has 0 saturated heterocycles. The van der Waals surface area contributed by atoms with Gasteiger partial charge in [0.2, 0.25) is 0 Å². The first-order chi connectivity index (χ1) is 13.1. The molecule has 2 aliphatic rings. The summed E-state index contributed by atoms with van der Waals surface area (Å²) in [4.78, 5) is 18.3. The minimum atomic E-state index is -4.84. The van der Waals surface area contributed by atoms with Gasteiger partial charge in [0.05, 0.1) is 5.56 Å². The quantitative estimate of drug-likeness (QED) is 0.765. The van der Waals surface area contributed by atoms with Crippen molar-refractivity contribution in [1.29, 1.82) is 0 Å². The normalized spacial score (nSPS) is 23.8. The Balaban J connectivity index is 1.84. The fourth-order valence-electron chi connectivity index (χ4n) is 3.95. The molecule has 1 aromatic carbocycles. The average Bonchev–Trinajstić information content (AvgIpc) is 2.85. The number of ether oxygens (including phenoxy) is 1. The van der Waals surface area contributed by atoms with Crippen LogP contribution in [0.2, 0.25) is 0 Å². The first-order valence-electron chi connectivity index (χ1n) is 9.26. The minimum Gasteiger partial charge on any atom is -0.487 e. The molecular weight excluding hydrogens is 378 g/mol. The van der Waals surface area contributed by atoms with Crippen molar-refractivity contribution in [2.24, 2.45) is 16.6 Å². The number of halogens is 4. The highest BCUT2D eigenvalue weighted by atomic mass is 19.4. The summed E-state index contributed by atoms with van der Waals surface area (Å²) in [7, 11) is 1.48. The number of rotatable bonds is 5. The van der Waals surface area contributed by atoms with E-state index in [-0.39, 0.29) is 24.4 Å². The zero-order chi connectivity index (χ0) is 20.5. The van der Waals surface area contributed by atoms with Crippen LogP contribution in [0.3, 0.4) is 0 Å². The van der Waals surface area contributed by atoms with Gasteiger partial charge in [-0.3, -0.25) is 9.69 Å². The van der Waals surface area contributed by atoms with Crippen molar-refractivity contribution in [1.82, 2.24) is 4.90 Å². The molecular formula is C19H23F4N3O2. The maximum Gasteiger partial charge on any atom is 0.419 e. The second-order valence-electron chi connectivity index (χ2n) is 7.48. The molecule has 2 N–H and O–H groups in total. The molecule has 1 fully saturated rings. The molecule has 9 heteroatoms. The smallest absolute Gasteiger partial charge is 0.419 e. The van der Waals surface area contributed by atoms with Gasteiger partial charge in [0.1, 0.15) is 6.61 Å². The van der Waals surface area contributed by atoms with Gasteiger partial charge >= 0.3 is 6.18 Å². The third kappa shape index (κ3) is 3.93. The molecule has 0 radical (unpaired) electrons. The first kappa shape index (κ1) is 20.4. The van der Waals surface area contributed by atoms with Gasteiger partial charge in [-0.2, -0.15) is 13.2 Å². The maximum absolute atomic E-state index is 14.3. The van der Waals surface area contributed by atoms with Gasteiger partial charge in [-0.25, -0.2) is 9.38 Å². The second-order valence-corrected chi connectivity index (χ2v) is 7.48. The van der Waals surface area contributed by atoms with Crippen molar-refractivity contribution in [3.8, 4) is 5.75 Å².